The molecule has 2 heterocycles. The fourth-order valence-corrected chi connectivity index (χ4v) is 5.44. The van der Waals surface area contributed by atoms with E-state index >= 15 is 0 Å². The standard InChI is InChI=1S/C25H29N3O4S/c1-17(29)18-6-9-21(10-7-18)33(31,32)28-13-11-27(12-14-28)24(30)23-15-19-5-8-20(25(2,3)4)16-22(19)26-23/h5-10,15-16,26H,11-14H2,1-4H3. The summed E-state index contributed by atoms with van der Waals surface area (Å²) in [5.74, 6) is -0.246. The van der Waals surface area contributed by atoms with Crippen LogP contribution in [0.2, 0.25) is 0 Å². The number of ketones is 1. The van der Waals surface area contributed by atoms with Gasteiger partial charge in [0.25, 0.3) is 5.91 Å². The molecule has 0 bridgehead atoms. The molecular weight excluding hydrogens is 438 g/mol. The number of rotatable bonds is 4. The summed E-state index contributed by atoms with van der Waals surface area (Å²) >= 11 is 0. The van der Waals surface area contributed by atoms with Gasteiger partial charge in [0.2, 0.25) is 10.0 Å². The van der Waals surface area contributed by atoms with Crippen molar-refractivity contribution in [1.82, 2.24) is 14.2 Å². The van der Waals surface area contributed by atoms with E-state index in [1.807, 2.05) is 12.1 Å². The largest absolute Gasteiger partial charge is 0.351 e. The van der Waals surface area contributed by atoms with Gasteiger partial charge in [-0.2, -0.15) is 4.31 Å². The maximum atomic E-state index is 13.1. The van der Waals surface area contributed by atoms with E-state index in [-0.39, 0.29) is 35.1 Å². The molecule has 0 saturated carbocycles. The Bertz CT molecular complexity index is 1310. The van der Waals surface area contributed by atoms with Gasteiger partial charge in [-0.05, 0) is 42.2 Å². The Morgan fingerprint density at radius 2 is 1.55 bits per heavy atom. The van der Waals surface area contributed by atoms with E-state index < -0.39 is 10.0 Å². The molecule has 0 unspecified atom stereocenters. The summed E-state index contributed by atoms with van der Waals surface area (Å²) in [6.07, 6.45) is 0. The third kappa shape index (κ3) is 4.58. The lowest BCUT2D eigenvalue weighted by atomic mass is 9.87. The van der Waals surface area contributed by atoms with Crippen LogP contribution in [0.4, 0.5) is 0 Å². The third-order valence-electron chi connectivity index (χ3n) is 6.14. The number of aromatic amines is 1. The number of carbonyl (C=O) groups is 2. The van der Waals surface area contributed by atoms with Crippen molar-refractivity contribution < 1.29 is 18.0 Å². The number of fused-ring (bicyclic) bond motifs is 1. The molecule has 1 saturated heterocycles. The van der Waals surface area contributed by atoms with Crippen LogP contribution >= 0.6 is 0 Å². The lowest BCUT2D eigenvalue weighted by molar-refractivity contribution is 0.0693. The van der Waals surface area contributed by atoms with Crippen molar-refractivity contribution in [1.29, 1.82) is 0 Å². The van der Waals surface area contributed by atoms with E-state index in [9.17, 15) is 18.0 Å². The van der Waals surface area contributed by atoms with Crippen molar-refractivity contribution >= 4 is 32.6 Å². The number of Topliss-reactive ketones (excluding diaryl/α,β-unsaturated/α-hetero) is 1. The van der Waals surface area contributed by atoms with Crippen molar-refractivity contribution in [3.05, 3.63) is 65.4 Å². The van der Waals surface area contributed by atoms with Crippen LogP contribution in [0.5, 0.6) is 0 Å². The van der Waals surface area contributed by atoms with Gasteiger partial charge in [0, 0.05) is 42.6 Å². The smallest absolute Gasteiger partial charge is 0.270 e. The lowest BCUT2D eigenvalue weighted by Gasteiger charge is -2.33. The Labute approximate surface area is 194 Å². The minimum atomic E-state index is -3.68. The molecule has 7 nitrogen and oxygen atoms in total. The first-order valence-electron chi connectivity index (χ1n) is 11.0. The molecule has 2 aromatic carbocycles. The molecule has 0 aliphatic carbocycles. The number of sulfonamides is 1. The van der Waals surface area contributed by atoms with Gasteiger partial charge < -0.3 is 9.88 Å². The number of H-pyrrole nitrogens is 1. The minimum Gasteiger partial charge on any atom is -0.351 e. The van der Waals surface area contributed by atoms with E-state index in [2.05, 4.69) is 37.9 Å². The zero-order chi connectivity index (χ0) is 24.0. The first kappa shape index (κ1) is 23.2. The Balaban J connectivity index is 1.46. The maximum Gasteiger partial charge on any atom is 0.270 e. The number of nitrogens with one attached hydrogen (secondary N) is 1. The van der Waals surface area contributed by atoms with E-state index in [1.165, 1.54) is 41.1 Å². The third-order valence-corrected chi connectivity index (χ3v) is 8.06. The van der Waals surface area contributed by atoms with Crippen LogP contribution in [0.1, 0.15) is 54.1 Å². The predicted molar refractivity (Wildman–Crippen MR) is 128 cm³/mol. The monoisotopic (exact) mass is 467 g/mol. The summed E-state index contributed by atoms with van der Waals surface area (Å²) in [6, 6.07) is 14.0. The highest BCUT2D eigenvalue weighted by Crippen LogP contribution is 2.27. The van der Waals surface area contributed by atoms with E-state index in [4.69, 9.17) is 0 Å². The van der Waals surface area contributed by atoms with Crippen LogP contribution in [0, 0.1) is 0 Å². The number of hydrogen-bond donors (Lipinski definition) is 1. The molecule has 0 radical (unpaired) electrons. The first-order chi connectivity index (χ1) is 15.5. The van der Waals surface area contributed by atoms with Gasteiger partial charge in [-0.1, -0.05) is 45.0 Å². The number of amides is 1. The second kappa shape index (κ2) is 8.43. The number of carbonyl (C=O) groups excluding carboxylic acids is 2. The predicted octanol–water partition coefficient (Wildman–Crippen LogP) is 3.81. The molecule has 1 aromatic heterocycles. The van der Waals surface area contributed by atoms with Crippen molar-refractivity contribution in [2.75, 3.05) is 26.2 Å². The van der Waals surface area contributed by atoms with E-state index in [0.717, 1.165) is 10.9 Å². The number of piperazine rings is 1. The van der Waals surface area contributed by atoms with Gasteiger partial charge in [0.05, 0.1) is 4.90 Å². The topological polar surface area (TPSA) is 90.6 Å². The van der Waals surface area contributed by atoms with Gasteiger partial charge in [-0.3, -0.25) is 9.59 Å². The number of aromatic nitrogens is 1. The summed E-state index contributed by atoms with van der Waals surface area (Å²) in [5, 5.41) is 0.974. The molecular formula is C25H29N3O4S. The molecule has 1 aliphatic rings. The highest BCUT2D eigenvalue weighted by atomic mass is 32.2. The number of benzene rings is 2. The average Bonchev–Trinajstić information content (AvgIpc) is 3.21. The molecule has 8 heteroatoms. The average molecular weight is 468 g/mol. The Kier molecular flexibility index (Phi) is 5.92. The summed E-state index contributed by atoms with van der Waals surface area (Å²) in [6.45, 7) is 8.94. The molecule has 0 atom stereocenters. The Hall–Kier alpha value is -2.97. The Morgan fingerprint density at radius 1 is 0.909 bits per heavy atom. The highest BCUT2D eigenvalue weighted by molar-refractivity contribution is 7.89. The van der Waals surface area contributed by atoms with Crippen LogP contribution < -0.4 is 0 Å². The molecule has 1 fully saturated rings. The van der Waals surface area contributed by atoms with Crippen LogP contribution in [0.25, 0.3) is 10.9 Å². The molecule has 3 aromatic rings. The van der Waals surface area contributed by atoms with Gasteiger partial charge in [0.15, 0.2) is 5.78 Å². The molecule has 1 N–H and O–H groups in total. The SMILES string of the molecule is CC(=O)c1ccc(S(=O)(=O)N2CCN(C(=O)c3cc4ccc(C(C)(C)C)cc4[nH]3)CC2)cc1. The second-order valence-electron chi connectivity index (χ2n) is 9.51. The zero-order valence-electron chi connectivity index (χ0n) is 19.4. The summed E-state index contributed by atoms with van der Waals surface area (Å²) in [7, 11) is -3.68. The zero-order valence-corrected chi connectivity index (χ0v) is 20.2. The van der Waals surface area contributed by atoms with Crippen LogP contribution in [0.15, 0.2) is 53.4 Å². The van der Waals surface area contributed by atoms with Gasteiger partial charge in [-0.15, -0.1) is 0 Å². The highest BCUT2D eigenvalue weighted by Gasteiger charge is 2.31. The number of nitrogens with zero attached hydrogens (tertiary/aromatic N) is 2. The van der Waals surface area contributed by atoms with Crippen LogP contribution in [0.3, 0.4) is 0 Å². The molecule has 33 heavy (non-hydrogen) atoms. The molecule has 1 aliphatic heterocycles. The van der Waals surface area contributed by atoms with E-state index in [1.54, 1.807) is 4.90 Å². The summed E-state index contributed by atoms with van der Waals surface area (Å²) < 4.78 is 27.3. The van der Waals surface area contributed by atoms with Crippen molar-refractivity contribution in [3.63, 3.8) is 0 Å². The number of hydrogen-bond acceptors (Lipinski definition) is 4. The summed E-state index contributed by atoms with van der Waals surface area (Å²) in [5.41, 5.74) is 3.09. The fraction of sp³-hybridized carbons (Fsp3) is 0.360. The Morgan fingerprint density at radius 3 is 2.12 bits per heavy atom. The van der Waals surface area contributed by atoms with Gasteiger partial charge in [-0.25, -0.2) is 8.42 Å². The quantitative estimate of drug-likeness (QED) is 0.591. The van der Waals surface area contributed by atoms with E-state index in [0.29, 0.717) is 24.3 Å². The van der Waals surface area contributed by atoms with Crippen molar-refractivity contribution in [2.24, 2.45) is 0 Å². The maximum absolute atomic E-state index is 13.1. The second-order valence-corrected chi connectivity index (χ2v) is 11.4. The van der Waals surface area contributed by atoms with Crippen LogP contribution in [-0.4, -0.2) is 60.5 Å². The molecule has 4 rings (SSSR count). The molecule has 174 valence electrons. The fourth-order valence-electron chi connectivity index (χ4n) is 4.02. The minimum absolute atomic E-state index is 0.0116. The van der Waals surface area contributed by atoms with Gasteiger partial charge in [0.1, 0.15) is 5.69 Å². The first-order valence-corrected chi connectivity index (χ1v) is 12.4. The van der Waals surface area contributed by atoms with Crippen molar-refractivity contribution in [3.8, 4) is 0 Å². The molecule has 0 spiro atoms. The normalized spacial score (nSPS) is 15.7. The van der Waals surface area contributed by atoms with Gasteiger partial charge >= 0.3 is 0 Å². The lowest BCUT2D eigenvalue weighted by Crippen LogP contribution is -2.50. The van der Waals surface area contributed by atoms with Crippen molar-refractivity contribution in [2.45, 2.75) is 38.0 Å². The van der Waals surface area contributed by atoms with Crippen LogP contribution in [-0.2, 0) is 15.4 Å². The molecule has 1 amide bonds. The summed E-state index contributed by atoms with van der Waals surface area (Å²) in [4.78, 5) is 29.6.